The van der Waals surface area contributed by atoms with Crippen LogP contribution in [0.5, 0.6) is 23.0 Å². The second-order valence-corrected chi connectivity index (χ2v) is 9.84. The SMILES string of the molecule is COc1cc(C(=O)Nc2ccc(C(=O)N/N=C/c3cccc([N+](=O)[O-])c3OC(=O)/C=C/c3ccc(Cl)cc3)cc2)cc(OC)c1OC. The van der Waals surface area contributed by atoms with Crippen LogP contribution in [-0.4, -0.2) is 50.3 Å². The van der Waals surface area contributed by atoms with Gasteiger partial charge in [0.15, 0.2) is 11.5 Å². The number of methoxy groups -OCH3 is 3. The summed E-state index contributed by atoms with van der Waals surface area (Å²) in [6.45, 7) is 0. The summed E-state index contributed by atoms with van der Waals surface area (Å²) in [6.07, 6.45) is 3.69. The van der Waals surface area contributed by atoms with Crippen LogP contribution < -0.4 is 29.7 Å². The topological polar surface area (TPSA) is 168 Å². The standard InChI is InChI=1S/C33H27ClN4O9/c1-44-27-17-23(18-28(45-2)31(27)46-3)32(40)36-25-14-10-21(11-15-25)33(41)37-35-19-22-5-4-6-26(38(42)43)30(22)47-29(39)16-9-20-7-12-24(34)13-8-20/h4-19H,1-3H3,(H,36,40)(H,37,41)/b16-9+,35-19+. The number of para-hydroxylation sites is 1. The van der Waals surface area contributed by atoms with E-state index in [2.05, 4.69) is 15.8 Å². The molecule has 0 aliphatic carbocycles. The van der Waals surface area contributed by atoms with Crippen molar-refractivity contribution in [2.45, 2.75) is 0 Å². The minimum atomic E-state index is -0.870. The Morgan fingerprint density at radius 2 is 1.49 bits per heavy atom. The fourth-order valence-corrected chi connectivity index (χ4v) is 4.24. The molecule has 2 amide bonds. The van der Waals surface area contributed by atoms with E-state index in [0.29, 0.717) is 33.5 Å². The van der Waals surface area contributed by atoms with Crippen molar-refractivity contribution in [3.63, 3.8) is 0 Å². The van der Waals surface area contributed by atoms with Gasteiger partial charge in [0, 0.05) is 39.5 Å². The quantitative estimate of drug-likeness (QED) is 0.0469. The summed E-state index contributed by atoms with van der Waals surface area (Å²) >= 11 is 5.87. The monoisotopic (exact) mass is 658 g/mol. The average Bonchev–Trinajstić information content (AvgIpc) is 3.07. The van der Waals surface area contributed by atoms with E-state index in [1.54, 1.807) is 24.3 Å². The van der Waals surface area contributed by atoms with Crippen molar-refractivity contribution in [2.75, 3.05) is 26.6 Å². The number of anilines is 1. The first-order valence-electron chi connectivity index (χ1n) is 13.6. The van der Waals surface area contributed by atoms with Crippen molar-refractivity contribution in [3.05, 3.63) is 122 Å². The Kier molecular flexibility index (Phi) is 11.2. The molecule has 0 fully saturated rings. The lowest BCUT2D eigenvalue weighted by molar-refractivity contribution is -0.385. The maximum absolute atomic E-state index is 12.9. The number of nitro groups is 1. The number of carbonyl (C=O) groups excluding carboxylic acids is 3. The van der Waals surface area contributed by atoms with Gasteiger partial charge in [0.2, 0.25) is 11.5 Å². The molecule has 0 unspecified atom stereocenters. The second kappa shape index (κ2) is 15.7. The van der Waals surface area contributed by atoms with Crippen LogP contribution in [0, 0.1) is 10.1 Å². The predicted octanol–water partition coefficient (Wildman–Crippen LogP) is 5.91. The van der Waals surface area contributed by atoms with E-state index >= 15 is 0 Å². The molecule has 4 aromatic carbocycles. The first-order chi connectivity index (χ1) is 22.6. The molecule has 4 aromatic rings. The molecule has 0 spiro atoms. The van der Waals surface area contributed by atoms with E-state index in [0.717, 1.165) is 12.3 Å². The van der Waals surface area contributed by atoms with Crippen molar-refractivity contribution < 1.29 is 38.3 Å². The van der Waals surface area contributed by atoms with Gasteiger partial charge in [0.25, 0.3) is 11.8 Å². The Hall–Kier alpha value is -6.21. The van der Waals surface area contributed by atoms with Gasteiger partial charge in [0.1, 0.15) is 0 Å². The number of rotatable bonds is 12. The van der Waals surface area contributed by atoms with Crippen molar-refractivity contribution in [1.29, 1.82) is 0 Å². The fraction of sp³-hybridized carbons (Fsp3) is 0.0909. The van der Waals surface area contributed by atoms with Crippen molar-refractivity contribution in [3.8, 4) is 23.0 Å². The summed E-state index contributed by atoms with van der Waals surface area (Å²) in [5.74, 6) is -1.33. The smallest absolute Gasteiger partial charge is 0.336 e. The molecule has 0 radical (unpaired) electrons. The van der Waals surface area contributed by atoms with Gasteiger partial charge in [-0.25, -0.2) is 10.2 Å². The number of esters is 1. The molecule has 0 aliphatic rings. The minimum absolute atomic E-state index is 0.0672. The normalized spacial score (nSPS) is 10.8. The number of nitrogens with zero attached hydrogens (tertiary/aromatic N) is 2. The molecule has 14 heteroatoms. The van der Waals surface area contributed by atoms with E-state index in [9.17, 15) is 24.5 Å². The Balaban J connectivity index is 1.42. The minimum Gasteiger partial charge on any atom is -0.493 e. The summed E-state index contributed by atoms with van der Waals surface area (Å²) in [5, 5.41) is 18.7. The Bertz CT molecular complexity index is 1830. The van der Waals surface area contributed by atoms with Crippen LogP contribution in [0.3, 0.4) is 0 Å². The van der Waals surface area contributed by atoms with Crippen LogP contribution in [0.4, 0.5) is 11.4 Å². The van der Waals surface area contributed by atoms with E-state index in [1.165, 1.54) is 82.0 Å². The largest absolute Gasteiger partial charge is 0.493 e. The number of ether oxygens (including phenoxy) is 4. The highest BCUT2D eigenvalue weighted by Gasteiger charge is 2.21. The number of amides is 2. The number of hydrogen-bond donors (Lipinski definition) is 2. The van der Waals surface area contributed by atoms with Crippen LogP contribution in [0.25, 0.3) is 6.08 Å². The molecule has 0 aromatic heterocycles. The molecule has 13 nitrogen and oxygen atoms in total. The molecular weight excluding hydrogens is 632 g/mol. The molecule has 0 atom stereocenters. The summed E-state index contributed by atoms with van der Waals surface area (Å²) in [7, 11) is 4.33. The molecule has 4 rings (SSSR count). The van der Waals surface area contributed by atoms with Crippen LogP contribution in [-0.2, 0) is 4.79 Å². The highest BCUT2D eigenvalue weighted by atomic mass is 35.5. The van der Waals surface area contributed by atoms with Gasteiger partial charge < -0.3 is 24.3 Å². The van der Waals surface area contributed by atoms with Gasteiger partial charge in [0.05, 0.1) is 32.5 Å². The van der Waals surface area contributed by atoms with Crippen LogP contribution in [0.1, 0.15) is 31.8 Å². The molecule has 0 aliphatic heterocycles. The zero-order valence-electron chi connectivity index (χ0n) is 25.2. The lowest BCUT2D eigenvalue weighted by atomic mass is 10.1. The van der Waals surface area contributed by atoms with Gasteiger partial charge in [-0.2, -0.15) is 5.10 Å². The van der Waals surface area contributed by atoms with E-state index in [-0.39, 0.29) is 22.4 Å². The van der Waals surface area contributed by atoms with Gasteiger partial charge >= 0.3 is 11.7 Å². The number of carbonyl (C=O) groups is 3. The van der Waals surface area contributed by atoms with E-state index in [1.807, 2.05) is 0 Å². The van der Waals surface area contributed by atoms with Crippen molar-refractivity contribution in [1.82, 2.24) is 5.43 Å². The first-order valence-corrected chi connectivity index (χ1v) is 14.0. The Morgan fingerprint density at radius 1 is 0.830 bits per heavy atom. The van der Waals surface area contributed by atoms with E-state index < -0.39 is 28.4 Å². The van der Waals surface area contributed by atoms with Crippen molar-refractivity contribution in [2.24, 2.45) is 5.10 Å². The maximum Gasteiger partial charge on any atom is 0.336 e. The van der Waals surface area contributed by atoms with Gasteiger partial charge in [-0.1, -0.05) is 29.8 Å². The van der Waals surface area contributed by atoms with Gasteiger partial charge in [-0.15, -0.1) is 0 Å². The zero-order chi connectivity index (χ0) is 33.9. The van der Waals surface area contributed by atoms with Gasteiger partial charge in [-0.05, 0) is 66.2 Å². The van der Waals surface area contributed by atoms with Crippen LogP contribution in [0.2, 0.25) is 5.02 Å². The fourth-order valence-electron chi connectivity index (χ4n) is 4.12. The van der Waals surface area contributed by atoms with Crippen LogP contribution in [0.15, 0.2) is 90.0 Å². The Labute approximate surface area is 273 Å². The molecule has 2 N–H and O–H groups in total. The summed E-state index contributed by atoms with van der Waals surface area (Å²) < 4.78 is 21.1. The lowest BCUT2D eigenvalue weighted by Crippen LogP contribution is -2.18. The number of hydrazone groups is 1. The zero-order valence-corrected chi connectivity index (χ0v) is 25.9. The maximum atomic E-state index is 12.9. The number of benzene rings is 4. The highest BCUT2D eigenvalue weighted by Crippen LogP contribution is 2.38. The second-order valence-electron chi connectivity index (χ2n) is 9.40. The molecular formula is C33H27ClN4O9. The molecule has 240 valence electrons. The molecule has 0 saturated carbocycles. The number of hydrogen-bond acceptors (Lipinski definition) is 10. The molecule has 0 heterocycles. The molecule has 47 heavy (non-hydrogen) atoms. The average molecular weight is 659 g/mol. The number of nitrogens with one attached hydrogen (secondary N) is 2. The number of nitro benzene ring substituents is 1. The van der Waals surface area contributed by atoms with Crippen LogP contribution >= 0.6 is 11.6 Å². The third-order valence-corrected chi connectivity index (χ3v) is 6.66. The third-order valence-electron chi connectivity index (χ3n) is 6.41. The Morgan fingerprint density at radius 3 is 2.09 bits per heavy atom. The first kappa shape index (κ1) is 33.7. The number of halogens is 1. The van der Waals surface area contributed by atoms with Gasteiger partial charge in [-0.3, -0.25) is 19.7 Å². The third kappa shape index (κ3) is 8.71. The van der Waals surface area contributed by atoms with Crippen molar-refractivity contribution >= 4 is 53.0 Å². The lowest BCUT2D eigenvalue weighted by Gasteiger charge is -2.14. The summed E-state index contributed by atoms with van der Waals surface area (Å²) in [6, 6.07) is 19.6. The van der Waals surface area contributed by atoms with E-state index in [4.69, 9.17) is 30.5 Å². The summed E-state index contributed by atoms with van der Waals surface area (Å²) in [4.78, 5) is 49.0. The molecule has 0 bridgehead atoms. The predicted molar refractivity (Wildman–Crippen MR) is 175 cm³/mol. The molecule has 0 saturated heterocycles. The summed E-state index contributed by atoms with van der Waals surface area (Å²) in [5.41, 5.74) is 3.42. The highest BCUT2D eigenvalue weighted by molar-refractivity contribution is 6.30.